The highest BCUT2D eigenvalue weighted by molar-refractivity contribution is 6.17. The zero-order chi connectivity index (χ0) is 22.4. The molecule has 10 heteroatoms. The van der Waals surface area contributed by atoms with Gasteiger partial charge in [-0.15, -0.1) is 11.6 Å². The van der Waals surface area contributed by atoms with E-state index in [9.17, 15) is 14.0 Å². The van der Waals surface area contributed by atoms with Gasteiger partial charge in [0.15, 0.2) is 0 Å². The van der Waals surface area contributed by atoms with Crippen LogP contribution in [-0.2, 0) is 0 Å². The molecule has 0 saturated heterocycles. The third-order valence-electron chi connectivity index (χ3n) is 4.30. The number of nitrogens with two attached hydrogens (primary N) is 1. The zero-order valence-corrected chi connectivity index (χ0v) is 17.3. The van der Waals surface area contributed by atoms with E-state index < -0.39 is 17.8 Å². The molecule has 0 spiro atoms. The number of methoxy groups -OCH3 is 1. The number of urea groups is 1. The normalized spacial score (nSPS) is 10.5. The number of fused-ring (bicyclic) bond motifs is 1. The number of aromatic nitrogens is 1. The van der Waals surface area contributed by atoms with Gasteiger partial charge in [-0.05, 0) is 30.7 Å². The Morgan fingerprint density at radius 2 is 2.00 bits per heavy atom. The molecule has 0 radical (unpaired) electrons. The quantitative estimate of drug-likeness (QED) is 0.357. The number of amides is 3. The molecule has 0 aliphatic carbocycles. The van der Waals surface area contributed by atoms with Crippen LogP contribution in [0.25, 0.3) is 10.9 Å². The molecule has 0 bridgehead atoms. The van der Waals surface area contributed by atoms with Crippen LogP contribution in [0.15, 0.2) is 42.6 Å². The number of rotatable bonds is 8. The van der Waals surface area contributed by atoms with E-state index in [0.717, 1.165) is 6.07 Å². The van der Waals surface area contributed by atoms with Crippen molar-refractivity contribution < 1.29 is 23.5 Å². The molecule has 0 saturated carbocycles. The Labute approximate surface area is 182 Å². The summed E-state index contributed by atoms with van der Waals surface area (Å²) in [5, 5.41) is 5.49. The van der Waals surface area contributed by atoms with Crippen LogP contribution in [0.2, 0.25) is 0 Å². The van der Waals surface area contributed by atoms with Crippen LogP contribution in [0.3, 0.4) is 0 Å². The number of anilines is 1. The average molecular weight is 447 g/mol. The third-order valence-corrected chi connectivity index (χ3v) is 4.57. The van der Waals surface area contributed by atoms with Crippen molar-refractivity contribution >= 4 is 40.1 Å². The van der Waals surface area contributed by atoms with Gasteiger partial charge in [0.25, 0.3) is 5.91 Å². The van der Waals surface area contributed by atoms with Gasteiger partial charge in [0.1, 0.15) is 23.1 Å². The van der Waals surface area contributed by atoms with Gasteiger partial charge in [-0.2, -0.15) is 0 Å². The SMILES string of the molecule is COc1cc2nccc(Oc3ccc(NC(=O)NCCCCl)c(F)c3)c2cc1C(N)=O. The van der Waals surface area contributed by atoms with Gasteiger partial charge in [0.05, 0.1) is 23.9 Å². The maximum Gasteiger partial charge on any atom is 0.319 e. The topological polar surface area (TPSA) is 116 Å². The molecule has 0 fully saturated rings. The van der Waals surface area contributed by atoms with E-state index in [0.29, 0.717) is 35.5 Å². The molecule has 31 heavy (non-hydrogen) atoms. The fourth-order valence-corrected chi connectivity index (χ4v) is 2.96. The minimum atomic E-state index is -0.678. The first-order valence-corrected chi connectivity index (χ1v) is 9.81. The second-order valence-corrected chi connectivity index (χ2v) is 6.79. The highest BCUT2D eigenvalue weighted by atomic mass is 35.5. The highest BCUT2D eigenvalue weighted by Gasteiger charge is 2.15. The van der Waals surface area contributed by atoms with Crippen LogP contribution in [-0.4, -0.2) is 36.5 Å². The fourth-order valence-electron chi connectivity index (χ4n) is 2.82. The molecular weight excluding hydrogens is 427 g/mol. The van der Waals surface area contributed by atoms with Crippen LogP contribution in [0.5, 0.6) is 17.2 Å². The van der Waals surface area contributed by atoms with Crippen molar-refractivity contribution in [3.8, 4) is 17.2 Å². The number of carbonyl (C=O) groups is 2. The van der Waals surface area contributed by atoms with E-state index in [1.165, 1.54) is 31.5 Å². The Balaban J connectivity index is 1.84. The molecular formula is C21H20ClFN4O4. The molecule has 3 rings (SSSR count). The molecule has 4 N–H and O–H groups in total. The van der Waals surface area contributed by atoms with Crippen LogP contribution in [0.4, 0.5) is 14.9 Å². The number of pyridine rings is 1. The summed E-state index contributed by atoms with van der Waals surface area (Å²) in [4.78, 5) is 27.8. The van der Waals surface area contributed by atoms with Crippen molar-refractivity contribution in [1.29, 1.82) is 0 Å². The van der Waals surface area contributed by atoms with Crippen LogP contribution in [0, 0.1) is 5.82 Å². The van der Waals surface area contributed by atoms with Crippen LogP contribution >= 0.6 is 11.6 Å². The van der Waals surface area contributed by atoms with Crippen molar-refractivity contribution in [1.82, 2.24) is 10.3 Å². The second-order valence-electron chi connectivity index (χ2n) is 6.41. The number of benzene rings is 2. The second kappa shape index (κ2) is 9.94. The molecule has 2 aromatic carbocycles. The van der Waals surface area contributed by atoms with Gasteiger partial charge >= 0.3 is 6.03 Å². The van der Waals surface area contributed by atoms with Gasteiger partial charge < -0.3 is 25.8 Å². The molecule has 162 valence electrons. The van der Waals surface area contributed by atoms with E-state index >= 15 is 0 Å². The Morgan fingerprint density at radius 1 is 1.19 bits per heavy atom. The van der Waals surface area contributed by atoms with E-state index in [1.807, 2.05) is 0 Å². The summed E-state index contributed by atoms with van der Waals surface area (Å²) in [5.41, 5.74) is 6.09. The lowest BCUT2D eigenvalue weighted by Gasteiger charge is -2.13. The smallest absolute Gasteiger partial charge is 0.319 e. The van der Waals surface area contributed by atoms with E-state index in [4.69, 9.17) is 26.8 Å². The number of halogens is 2. The molecule has 1 heterocycles. The first kappa shape index (κ1) is 22.1. The summed E-state index contributed by atoms with van der Waals surface area (Å²) < 4.78 is 25.4. The van der Waals surface area contributed by atoms with Crippen LogP contribution in [0.1, 0.15) is 16.8 Å². The molecule has 0 atom stereocenters. The van der Waals surface area contributed by atoms with E-state index in [-0.39, 0.29) is 22.7 Å². The first-order valence-electron chi connectivity index (χ1n) is 9.27. The van der Waals surface area contributed by atoms with E-state index in [2.05, 4.69) is 15.6 Å². The summed E-state index contributed by atoms with van der Waals surface area (Å²) in [6.07, 6.45) is 2.12. The average Bonchev–Trinajstić information content (AvgIpc) is 2.75. The third kappa shape index (κ3) is 5.32. The summed E-state index contributed by atoms with van der Waals surface area (Å²) in [6.45, 7) is 0.380. The number of hydrogen-bond donors (Lipinski definition) is 3. The van der Waals surface area contributed by atoms with Crippen molar-refractivity contribution in [2.45, 2.75) is 6.42 Å². The highest BCUT2D eigenvalue weighted by Crippen LogP contribution is 2.34. The number of primary amides is 1. The first-order chi connectivity index (χ1) is 14.9. The van der Waals surface area contributed by atoms with Crippen molar-refractivity contribution in [2.24, 2.45) is 5.73 Å². The largest absolute Gasteiger partial charge is 0.496 e. The monoisotopic (exact) mass is 446 g/mol. The van der Waals surface area contributed by atoms with Crippen molar-refractivity contribution in [2.75, 3.05) is 24.9 Å². The molecule has 3 amide bonds. The predicted octanol–water partition coefficient (Wildman–Crippen LogP) is 4.02. The summed E-state index contributed by atoms with van der Waals surface area (Å²) in [6, 6.07) is 8.14. The number of nitrogens with one attached hydrogen (secondary N) is 2. The fraction of sp³-hybridized carbons (Fsp3) is 0.190. The lowest BCUT2D eigenvalue weighted by atomic mass is 10.1. The molecule has 0 aliphatic heterocycles. The minimum Gasteiger partial charge on any atom is -0.496 e. The number of nitrogens with zero attached hydrogens (tertiary/aromatic N) is 1. The minimum absolute atomic E-state index is 0.00365. The van der Waals surface area contributed by atoms with E-state index in [1.54, 1.807) is 12.1 Å². The lowest BCUT2D eigenvalue weighted by Crippen LogP contribution is -2.30. The maximum absolute atomic E-state index is 14.5. The Morgan fingerprint density at radius 3 is 2.68 bits per heavy atom. The molecule has 3 aromatic rings. The Kier molecular flexibility index (Phi) is 7.09. The molecule has 8 nitrogen and oxygen atoms in total. The predicted molar refractivity (Wildman–Crippen MR) is 116 cm³/mol. The van der Waals surface area contributed by atoms with Crippen molar-refractivity contribution in [3.05, 3.63) is 54.0 Å². The summed E-state index contributed by atoms with van der Waals surface area (Å²) >= 11 is 5.55. The number of ether oxygens (including phenoxy) is 2. The molecule has 0 aliphatic rings. The number of hydrogen-bond acceptors (Lipinski definition) is 5. The van der Waals surface area contributed by atoms with Gasteiger partial charge in [0, 0.05) is 36.1 Å². The van der Waals surface area contributed by atoms with Crippen LogP contribution < -0.4 is 25.8 Å². The Hall–Kier alpha value is -3.59. The van der Waals surface area contributed by atoms with Crippen molar-refractivity contribution in [3.63, 3.8) is 0 Å². The Bertz CT molecular complexity index is 1130. The number of alkyl halides is 1. The standard InChI is InChI=1S/C21H20ClFN4O4/c1-30-19-11-17-13(10-14(19)20(24)28)18(5-8-25-17)31-12-3-4-16(15(23)9-12)27-21(29)26-7-2-6-22/h3-5,8-11H,2,6-7H2,1H3,(H2,24,28)(H2,26,27,29). The lowest BCUT2D eigenvalue weighted by molar-refractivity contribution is 0.0997. The molecule has 1 aromatic heterocycles. The van der Waals surface area contributed by atoms with Gasteiger partial charge in [0.2, 0.25) is 0 Å². The maximum atomic E-state index is 14.5. The van der Waals surface area contributed by atoms with Gasteiger partial charge in [-0.1, -0.05) is 0 Å². The van der Waals surface area contributed by atoms with Gasteiger partial charge in [-0.25, -0.2) is 9.18 Å². The van der Waals surface area contributed by atoms with Gasteiger partial charge in [-0.3, -0.25) is 9.78 Å². The summed E-state index contributed by atoms with van der Waals surface area (Å²) in [7, 11) is 1.42. The number of carbonyl (C=O) groups excluding carboxylic acids is 2. The summed E-state index contributed by atoms with van der Waals surface area (Å²) in [5.74, 6) is -0.112. The molecule has 0 unspecified atom stereocenters. The zero-order valence-electron chi connectivity index (χ0n) is 16.6.